The van der Waals surface area contributed by atoms with Crippen molar-refractivity contribution >= 4 is 27.3 Å². The minimum atomic E-state index is -3.85. The number of sulfonamides is 1. The number of nitrogens with zero attached hydrogens (tertiary/aromatic N) is 3. The number of ether oxygens (including phenoxy) is 1. The minimum Gasteiger partial charge on any atom is -0.477 e. The molecule has 2 aromatic rings. The summed E-state index contributed by atoms with van der Waals surface area (Å²) < 4.78 is 31.9. The number of carbonyl (C=O) groups excluding carboxylic acids is 1. The Morgan fingerprint density at radius 3 is 2.57 bits per heavy atom. The number of hydrogen-bond acceptors (Lipinski definition) is 6. The van der Waals surface area contributed by atoms with Crippen molar-refractivity contribution in [3.63, 3.8) is 0 Å². The second-order valence-corrected chi connectivity index (χ2v) is 8.63. The van der Waals surface area contributed by atoms with Gasteiger partial charge in [0.05, 0.1) is 9.82 Å². The van der Waals surface area contributed by atoms with Gasteiger partial charge in [0.2, 0.25) is 10.0 Å². The van der Waals surface area contributed by atoms with Crippen LogP contribution in [-0.2, 0) is 21.2 Å². The molecule has 3 rings (SSSR count). The first-order valence-corrected chi connectivity index (χ1v) is 11.0. The van der Waals surface area contributed by atoms with Gasteiger partial charge in [-0.25, -0.2) is 8.42 Å². The number of hydrogen-bond donors (Lipinski definition) is 0. The van der Waals surface area contributed by atoms with Gasteiger partial charge in [0, 0.05) is 31.4 Å². The van der Waals surface area contributed by atoms with E-state index in [1.807, 2.05) is 24.3 Å². The van der Waals surface area contributed by atoms with Crippen LogP contribution in [0.2, 0.25) is 0 Å². The molecule has 1 heterocycles. The Balaban J connectivity index is 1.80. The van der Waals surface area contributed by atoms with E-state index in [0.29, 0.717) is 6.54 Å². The van der Waals surface area contributed by atoms with Crippen LogP contribution in [0.1, 0.15) is 19.4 Å². The number of carbonyl (C=O) groups is 1. The maximum Gasteiger partial charge on any atom is 0.312 e. The largest absolute Gasteiger partial charge is 0.477 e. The number of nitro benzene ring substituents is 1. The lowest BCUT2D eigenvalue weighted by atomic mass is 10.2. The molecule has 1 aliphatic heterocycles. The molecule has 0 atom stereocenters. The van der Waals surface area contributed by atoms with E-state index in [9.17, 15) is 23.3 Å². The van der Waals surface area contributed by atoms with E-state index in [2.05, 4.69) is 0 Å². The summed E-state index contributed by atoms with van der Waals surface area (Å²) in [5.74, 6) is -0.478. The number of rotatable bonds is 8. The fourth-order valence-electron chi connectivity index (χ4n) is 3.45. The van der Waals surface area contributed by atoms with Crippen molar-refractivity contribution in [3.05, 3.63) is 58.1 Å². The molecule has 1 aliphatic rings. The predicted molar refractivity (Wildman–Crippen MR) is 111 cm³/mol. The van der Waals surface area contributed by atoms with Gasteiger partial charge in [-0.2, -0.15) is 4.31 Å². The average molecular weight is 433 g/mol. The van der Waals surface area contributed by atoms with Gasteiger partial charge < -0.3 is 9.64 Å². The molecule has 0 N–H and O–H groups in total. The van der Waals surface area contributed by atoms with Gasteiger partial charge in [-0.3, -0.25) is 14.9 Å². The summed E-state index contributed by atoms with van der Waals surface area (Å²) in [7, 11) is -3.85. The topological polar surface area (TPSA) is 110 Å². The number of fused-ring (bicyclic) bond motifs is 1. The van der Waals surface area contributed by atoms with Crippen molar-refractivity contribution in [1.82, 2.24) is 4.31 Å². The zero-order valence-electron chi connectivity index (χ0n) is 16.8. The van der Waals surface area contributed by atoms with Crippen LogP contribution in [-0.4, -0.2) is 49.8 Å². The average Bonchev–Trinajstić information content (AvgIpc) is 3.16. The molecule has 0 saturated heterocycles. The Morgan fingerprint density at radius 2 is 1.90 bits per heavy atom. The first-order valence-electron chi connectivity index (χ1n) is 9.59. The Hall–Kier alpha value is -2.98. The fraction of sp³-hybridized carbons (Fsp3) is 0.350. The third-order valence-corrected chi connectivity index (χ3v) is 7.06. The highest BCUT2D eigenvalue weighted by Gasteiger charge is 2.28. The van der Waals surface area contributed by atoms with Crippen LogP contribution in [0.25, 0.3) is 0 Å². The first kappa shape index (κ1) is 21.7. The molecule has 1 amide bonds. The number of para-hydroxylation sites is 1. The molecule has 160 valence electrons. The summed E-state index contributed by atoms with van der Waals surface area (Å²) in [6.07, 6.45) is 0.736. The molecule has 0 spiro atoms. The summed E-state index contributed by atoms with van der Waals surface area (Å²) in [6, 6.07) is 11.0. The molecule has 0 saturated carbocycles. The van der Waals surface area contributed by atoms with E-state index in [-0.39, 0.29) is 29.6 Å². The van der Waals surface area contributed by atoms with Crippen molar-refractivity contribution in [2.45, 2.75) is 25.2 Å². The van der Waals surface area contributed by atoms with Crippen LogP contribution in [0.4, 0.5) is 11.4 Å². The highest BCUT2D eigenvalue weighted by atomic mass is 32.2. The van der Waals surface area contributed by atoms with Crippen LogP contribution >= 0.6 is 0 Å². The van der Waals surface area contributed by atoms with Gasteiger partial charge in [0.25, 0.3) is 5.91 Å². The summed E-state index contributed by atoms with van der Waals surface area (Å²) in [5.41, 5.74) is 1.36. The Kier molecular flexibility index (Phi) is 6.37. The number of nitro groups is 1. The first-order chi connectivity index (χ1) is 14.3. The maximum absolute atomic E-state index is 12.6. The minimum absolute atomic E-state index is 0.153. The number of anilines is 1. The molecule has 10 heteroatoms. The number of amides is 1. The van der Waals surface area contributed by atoms with Crippen molar-refractivity contribution < 1.29 is 22.9 Å². The van der Waals surface area contributed by atoms with Gasteiger partial charge in [-0.15, -0.1) is 0 Å². The van der Waals surface area contributed by atoms with Gasteiger partial charge in [-0.1, -0.05) is 32.0 Å². The predicted octanol–water partition coefficient (Wildman–Crippen LogP) is 2.59. The quantitative estimate of drug-likeness (QED) is 0.467. The summed E-state index contributed by atoms with van der Waals surface area (Å²) in [4.78, 5) is 24.8. The summed E-state index contributed by atoms with van der Waals surface area (Å²) in [5, 5.41) is 11.5. The standard InChI is InChI=1S/C20H23N3O6S/c1-3-21(4-2)30(27,28)16-9-10-19(18(13-16)23(25)26)29-14-20(24)22-12-11-15-7-5-6-8-17(15)22/h5-10,13H,3-4,11-12,14H2,1-2H3. The van der Waals surface area contributed by atoms with E-state index >= 15 is 0 Å². The normalized spacial score (nSPS) is 13.4. The fourth-order valence-corrected chi connectivity index (χ4v) is 4.93. The van der Waals surface area contributed by atoms with Crippen LogP contribution in [0.15, 0.2) is 47.4 Å². The molecule has 0 aliphatic carbocycles. The number of benzene rings is 2. The molecule has 30 heavy (non-hydrogen) atoms. The molecule has 0 fully saturated rings. The molecule has 9 nitrogen and oxygen atoms in total. The SMILES string of the molecule is CCN(CC)S(=O)(=O)c1ccc(OCC(=O)N2CCc3ccccc32)c([N+](=O)[O-])c1. The van der Waals surface area contributed by atoms with E-state index < -0.39 is 27.2 Å². The van der Waals surface area contributed by atoms with Crippen molar-refractivity contribution in [2.24, 2.45) is 0 Å². The van der Waals surface area contributed by atoms with Crippen LogP contribution in [0.3, 0.4) is 0 Å². The van der Waals surface area contributed by atoms with Crippen LogP contribution < -0.4 is 9.64 Å². The second-order valence-electron chi connectivity index (χ2n) is 6.69. The highest BCUT2D eigenvalue weighted by Crippen LogP contribution is 2.32. The third kappa shape index (κ3) is 4.14. The van der Waals surface area contributed by atoms with E-state index in [4.69, 9.17) is 4.74 Å². The zero-order valence-corrected chi connectivity index (χ0v) is 17.6. The molecule has 2 aromatic carbocycles. The molecule has 0 bridgehead atoms. The monoisotopic (exact) mass is 433 g/mol. The summed E-state index contributed by atoms with van der Waals surface area (Å²) in [6.45, 7) is 4.00. The molecule has 0 aromatic heterocycles. The van der Waals surface area contributed by atoms with Crippen LogP contribution in [0.5, 0.6) is 5.75 Å². The van der Waals surface area contributed by atoms with Crippen molar-refractivity contribution in [2.75, 3.05) is 31.1 Å². The van der Waals surface area contributed by atoms with Gasteiger partial charge in [0.1, 0.15) is 0 Å². The molecular formula is C20H23N3O6S. The maximum atomic E-state index is 12.6. The molecule has 0 radical (unpaired) electrons. The van der Waals surface area contributed by atoms with Crippen LogP contribution in [0, 0.1) is 10.1 Å². The molecule has 0 unspecified atom stereocenters. The third-order valence-electron chi connectivity index (χ3n) is 5.01. The smallest absolute Gasteiger partial charge is 0.312 e. The second kappa shape index (κ2) is 8.80. The summed E-state index contributed by atoms with van der Waals surface area (Å²) >= 11 is 0. The van der Waals surface area contributed by atoms with E-state index in [1.54, 1.807) is 18.7 Å². The van der Waals surface area contributed by atoms with Gasteiger partial charge in [0.15, 0.2) is 12.4 Å². The van der Waals surface area contributed by atoms with Crippen molar-refractivity contribution in [1.29, 1.82) is 0 Å². The van der Waals surface area contributed by atoms with E-state index in [1.165, 1.54) is 16.4 Å². The lowest BCUT2D eigenvalue weighted by Gasteiger charge is -2.19. The Morgan fingerprint density at radius 1 is 1.20 bits per heavy atom. The lowest BCUT2D eigenvalue weighted by Crippen LogP contribution is -2.33. The van der Waals surface area contributed by atoms with Gasteiger partial charge in [-0.05, 0) is 30.2 Å². The molecular weight excluding hydrogens is 410 g/mol. The lowest BCUT2D eigenvalue weighted by molar-refractivity contribution is -0.386. The Labute approximate surface area is 175 Å². The van der Waals surface area contributed by atoms with Gasteiger partial charge >= 0.3 is 5.69 Å². The highest BCUT2D eigenvalue weighted by molar-refractivity contribution is 7.89. The van der Waals surface area contributed by atoms with Crippen molar-refractivity contribution in [3.8, 4) is 5.75 Å². The Bertz CT molecular complexity index is 1070. The van der Waals surface area contributed by atoms with E-state index in [0.717, 1.165) is 23.7 Å². The zero-order chi connectivity index (χ0) is 21.9.